The number of alkyl halides is 2. The first-order valence-corrected chi connectivity index (χ1v) is 8.78. The highest BCUT2D eigenvalue weighted by molar-refractivity contribution is 9.09. The molecule has 0 amide bonds. The molecule has 0 saturated heterocycles. The van der Waals surface area contributed by atoms with Crippen LogP contribution in [0.5, 0.6) is 0 Å². The van der Waals surface area contributed by atoms with Crippen LogP contribution in [0, 0.1) is 0 Å². The van der Waals surface area contributed by atoms with Gasteiger partial charge in [0.05, 0.1) is 12.7 Å². The van der Waals surface area contributed by atoms with Crippen LogP contribution in [0.3, 0.4) is 0 Å². The number of methoxy groups -OCH3 is 1. The van der Waals surface area contributed by atoms with Gasteiger partial charge in [0.15, 0.2) is 0 Å². The summed E-state index contributed by atoms with van der Waals surface area (Å²) in [6, 6.07) is 17.7. The molecule has 0 unspecified atom stereocenters. The maximum atomic E-state index is 11.0. The Morgan fingerprint density at radius 1 is 0.952 bits per heavy atom. The molecule has 0 fully saturated rings. The Balaban J connectivity index is 0.000000219. The Labute approximate surface area is 142 Å². The van der Waals surface area contributed by atoms with Gasteiger partial charge in [-0.1, -0.05) is 74.3 Å². The van der Waals surface area contributed by atoms with Crippen molar-refractivity contribution in [2.45, 2.75) is 11.8 Å². The van der Waals surface area contributed by atoms with E-state index in [1.54, 1.807) is 12.1 Å². The number of esters is 1. The lowest BCUT2D eigenvalue weighted by molar-refractivity contribution is 0.0600. The molecule has 21 heavy (non-hydrogen) atoms. The normalized spacial score (nSPS) is 9.48. The first-order valence-electron chi connectivity index (χ1n) is 6.54. The molecule has 0 spiro atoms. The largest absolute Gasteiger partial charge is 0.465 e. The van der Waals surface area contributed by atoms with Gasteiger partial charge in [-0.15, -0.1) is 0 Å². The summed E-state index contributed by atoms with van der Waals surface area (Å²) >= 11 is 6.71. The van der Waals surface area contributed by atoms with E-state index in [9.17, 15) is 4.79 Å². The molecule has 0 aliphatic rings. The second-order valence-electron chi connectivity index (χ2n) is 4.25. The Morgan fingerprint density at radius 3 is 2.05 bits per heavy atom. The van der Waals surface area contributed by atoms with E-state index in [2.05, 4.69) is 60.9 Å². The third-order valence-corrected chi connectivity index (χ3v) is 3.80. The van der Waals surface area contributed by atoms with Crippen LogP contribution in [0.25, 0.3) is 0 Å². The molecule has 112 valence electrons. The highest BCUT2D eigenvalue weighted by atomic mass is 79.9. The number of halogens is 2. The molecule has 0 aliphatic heterocycles. The number of carbonyl (C=O) groups is 1. The Hall–Kier alpha value is -1.13. The summed E-state index contributed by atoms with van der Waals surface area (Å²) in [4.78, 5) is 11.0. The quantitative estimate of drug-likeness (QED) is 0.521. The van der Waals surface area contributed by atoms with Crippen molar-refractivity contribution in [1.82, 2.24) is 0 Å². The fraction of sp³-hybridized carbons (Fsp3) is 0.235. The van der Waals surface area contributed by atoms with Crippen LogP contribution in [-0.4, -0.2) is 18.4 Å². The maximum absolute atomic E-state index is 11.0. The highest BCUT2D eigenvalue weighted by Crippen LogP contribution is 2.08. The zero-order valence-corrected chi connectivity index (χ0v) is 15.1. The molecule has 2 aromatic carbocycles. The van der Waals surface area contributed by atoms with E-state index in [-0.39, 0.29) is 5.97 Å². The lowest BCUT2D eigenvalue weighted by atomic mass is 10.1. The number of rotatable bonds is 4. The van der Waals surface area contributed by atoms with Crippen LogP contribution in [0.2, 0.25) is 0 Å². The number of ether oxygens (including phenoxy) is 1. The van der Waals surface area contributed by atoms with Crippen LogP contribution in [0.1, 0.15) is 21.5 Å². The zero-order chi connectivity index (χ0) is 15.5. The SMILES string of the molecule is BrCCc1ccccc1.COC(=O)c1ccc(CBr)cc1. The molecule has 0 aromatic heterocycles. The summed E-state index contributed by atoms with van der Waals surface area (Å²) in [5.41, 5.74) is 3.12. The van der Waals surface area contributed by atoms with Crippen LogP contribution in [-0.2, 0) is 16.5 Å². The van der Waals surface area contributed by atoms with Crippen molar-refractivity contribution in [2.75, 3.05) is 12.4 Å². The predicted octanol–water partition coefficient (Wildman–Crippen LogP) is 4.99. The lowest BCUT2D eigenvalue weighted by Crippen LogP contribution is -2.00. The van der Waals surface area contributed by atoms with Gasteiger partial charge in [0.25, 0.3) is 0 Å². The molecule has 2 nitrogen and oxygen atoms in total. The van der Waals surface area contributed by atoms with Crippen molar-refractivity contribution in [1.29, 1.82) is 0 Å². The smallest absolute Gasteiger partial charge is 0.337 e. The van der Waals surface area contributed by atoms with E-state index >= 15 is 0 Å². The van der Waals surface area contributed by atoms with E-state index in [1.807, 2.05) is 18.2 Å². The van der Waals surface area contributed by atoms with Gasteiger partial charge >= 0.3 is 5.97 Å². The molecule has 2 rings (SSSR count). The molecular weight excluding hydrogens is 396 g/mol. The van der Waals surface area contributed by atoms with Crippen LogP contribution in [0.15, 0.2) is 54.6 Å². The summed E-state index contributed by atoms with van der Waals surface area (Å²) < 4.78 is 4.56. The fourth-order valence-electron chi connectivity index (χ4n) is 1.60. The van der Waals surface area contributed by atoms with Crippen molar-refractivity contribution >= 4 is 37.8 Å². The maximum Gasteiger partial charge on any atom is 0.337 e. The Kier molecular flexibility index (Phi) is 9.02. The molecular formula is C17H18Br2O2. The number of benzene rings is 2. The third kappa shape index (κ3) is 6.91. The molecule has 0 N–H and O–H groups in total. The molecule has 0 saturated carbocycles. The summed E-state index contributed by atoms with van der Waals surface area (Å²) in [7, 11) is 1.38. The van der Waals surface area contributed by atoms with Crippen LogP contribution < -0.4 is 0 Å². The minimum absolute atomic E-state index is 0.295. The number of hydrogen-bond donors (Lipinski definition) is 0. The van der Waals surface area contributed by atoms with Gasteiger partial charge in [-0.25, -0.2) is 4.79 Å². The molecule has 0 heterocycles. The van der Waals surface area contributed by atoms with Gasteiger partial charge < -0.3 is 4.74 Å². The second-order valence-corrected chi connectivity index (χ2v) is 5.60. The molecule has 0 aliphatic carbocycles. The first kappa shape index (κ1) is 17.9. The molecule has 2 aromatic rings. The number of carbonyl (C=O) groups excluding carboxylic acids is 1. The van der Waals surface area contributed by atoms with Crippen molar-refractivity contribution in [3.8, 4) is 0 Å². The van der Waals surface area contributed by atoms with Gasteiger partial charge in [0, 0.05) is 10.7 Å². The summed E-state index contributed by atoms with van der Waals surface area (Å²) in [6.45, 7) is 0. The van der Waals surface area contributed by atoms with E-state index in [0.717, 1.165) is 22.6 Å². The second kappa shape index (κ2) is 10.6. The van der Waals surface area contributed by atoms with Gasteiger partial charge in [0.1, 0.15) is 0 Å². The van der Waals surface area contributed by atoms with Crippen molar-refractivity contribution < 1.29 is 9.53 Å². The van der Waals surface area contributed by atoms with Crippen LogP contribution >= 0.6 is 31.9 Å². The Morgan fingerprint density at radius 2 is 1.57 bits per heavy atom. The van der Waals surface area contributed by atoms with Gasteiger partial charge in [0.2, 0.25) is 0 Å². The highest BCUT2D eigenvalue weighted by Gasteiger charge is 2.02. The molecule has 4 heteroatoms. The van der Waals surface area contributed by atoms with Gasteiger partial charge in [-0.3, -0.25) is 0 Å². The summed E-state index contributed by atoms with van der Waals surface area (Å²) in [5.74, 6) is -0.295. The number of aryl methyl sites for hydroxylation is 1. The molecule has 0 radical (unpaired) electrons. The van der Waals surface area contributed by atoms with E-state index < -0.39 is 0 Å². The van der Waals surface area contributed by atoms with E-state index in [1.165, 1.54) is 12.7 Å². The minimum atomic E-state index is -0.295. The Bertz CT molecular complexity index is 524. The topological polar surface area (TPSA) is 26.3 Å². The molecule has 0 bridgehead atoms. The summed E-state index contributed by atoms with van der Waals surface area (Å²) in [6.07, 6.45) is 1.13. The molecule has 0 atom stereocenters. The summed E-state index contributed by atoms with van der Waals surface area (Å²) in [5, 5.41) is 1.85. The van der Waals surface area contributed by atoms with Gasteiger partial charge in [-0.05, 0) is 29.7 Å². The van der Waals surface area contributed by atoms with E-state index in [0.29, 0.717) is 5.56 Å². The predicted molar refractivity (Wildman–Crippen MR) is 94.4 cm³/mol. The van der Waals surface area contributed by atoms with Crippen molar-refractivity contribution in [3.63, 3.8) is 0 Å². The van der Waals surface area contributed by atoms with E-state index in [4.69, 9.17) is 0 Å². The number of hydrogen-bond acceptors (Lipinski definition) is 2. The lowest BCUT2D eigenvalue weighted by Gasteiger charge is -1.99. The van der Waals surface area contributed by atoms with Crippen molar-refractivity contribution in [3.05, 3.63) is 71.3 Å². The monoisotopic (exact) mass is 412 g/mol. The van der Waals surface area contributed by atoms with Gasteiger partial charge in [-0.2, -0.15) is 0 Å². The van der Waals surface area contributed by atoms with Crippen LogP contribution in [0.4, 0.5) is 0 Å². The zero-order valence-electron chi connectivity index (χ0n) is 11.9. The van der Waals surface area contributed by atoms with Crippen molar-refractivity contribution in [2.24, 2.45) is 0 Å². The first-order chi connectivity index (χ1) is 10.2. The standard InChI is InChI=1S/C9H9BrO2.C8H9Br/c1-12-9(11)8-4-2-7(6-10)3-5-8;9-7-6-8-4-2-1-3-5-8/h2-5H,6H2,1H3;1-5H,6-7H2. The average molecular weight is 414 g/mol. The minimum Gasteiger partial charge on any atom is -0.465 e. The third-order valence-electron chi connectivity index (χ3n) is 2.76. The average Bonchev–Trinajstić information content (AvgIpc) is 2.56. The fourth-order valence-corrected chi connectivity index (χ4v) is 2.43.